The van der Waals surface area contributed by atoms with Crippen molar-refractivity contribution in [1.29, 1.82) is 0 Å². The number of carbonyl (C=O) groups is 1. The van der Waals surface area contributed by atoms with Crippen LogP contribution in [-0.4, -0.2) is 22.7 Å². The Kier molecular flexibility index (Phi) is 6.04. The summed E-state index contributed by atoms with van der Waals surface area (Å²) < 4.78 is 1.08. The van der Waals surface area contributed by atoms with E-state index in [1.807, 2.05) is 59.5 Å². The van der Waals surface area contributed by atoms with Gasteiger partial charge in [0.05, 0.1) is 0 Å². The first-order chi connectivity index (χ1) is 9.70. The molecular formula is C16H15BrINO. The minimum Gasteiger partial charge on any atom is -0.333 e. The van der Waals surface area contributed by atoms with Crippen molar-refractivity contribution in [3.63, 3.8) is 0 Å². The van der Waals surface area contributed by atoms with Gasteiger partial charge < -0.3 is 4.90 Å². The number of amides is 1. The van der Waals surface area contributed by atoms with Crippen molar-refractivity contribution in [2.24, 2.45) is 0 Å². The lowest BCUT2D eigenvalue weighted by Crippen LogP contribution is -2.32. The fraction of sp³-hybridized carbons (Fsp3) is 0.188. The second kappa shape index (κ2) is 7.78. The van der Waals surface area contributed by atoms with Gasteiger partial charge in [-0.05, 0) is 46.4 Å². The van der Waals surface area contributed by atoms with Crippen LogP contribution < -0.4 is 0 Å². The molecule has 0 spiro atoms. The lowest BCUT2D eigenvalue weighted by Gasteiger charge is -2.22. The molecule has 20 heavy (non-hydrogen) atoms. The second-order valence-electron chi connectivity index (χ2n) is 4.41. The Morgan fingerprint density at radius 3 is 2.50 bits per heavy atom. The Labute approximate surface area is 141 Å². The van der Waals surface area contributed by atoms with Crippen LogP contribution in [0, 0.1) is 3.57 Å². The zero-order valence-electron chi connectivity index (χ0n) is 10.9. The number of nitrogens with zero attached hydrogens (tertiary/aromatic N) is 1. The number of carbonyl (C=O) groups excluding carboxylic acids is 1. The Hall–Kier alpha value is -0.880. The molecule has 0 saturated heterocycles. The maximum absolute atomic E-state index is 12.6. The third-order valence-electron chi connectivity index (χ3n) is 2.93. The van der Waals surface area contributed by atoms with Gasteiger partial charge in [0.25, 0.3) is 5.91 Å². The normalized spacial score (nSPS) is 10.3. The van der Waals surface area contributed by atoms with Gasteiger partial charge in [0.2, 0.25) is 0 Å². The molecule has 4 heteroatoms. The van der Waals surface area contributed by atoms with Crippen LogP contribution in [0.25, 0.3) is 0 Å². The van der Waals surface area contributed by atoms with Gasteiger partial charge in [-0.3, -0.25) is 4.79 Å². The molecule has 104 valence electrons. The summed E-state index contributed by atoms with van der Waals surface area (Å²) in [5.74, 6) is 0.0758. The van der Waals surface area contributed by atoms with Crippen LogP contribution in [0.15, 0.2) is 54.6 Å². The number of hydrogen-bond donors (Lipinski definition) is 0. The molecule has 0 radical (unpaired) electrons. The number of halogens is 2. The van der Waals surface area contributed by atoms with Gasteiger partial charge in [-0.25, -0.2) is 0 Å². The zero-order valence-corrected chi connectivity index (χ0v) is 14.7. The quantitative estimate of drug-likeness (QED) is 0.497. The van der Waals surface area contributed by atoms with Crippen LogP contribution in [0.4, 0.5) is 0 Å². The van der Waals surface area contributed by atoms with E-state index < -0.39 is 0 Å². The predicted octanol–water partition coefficient (Wildman–Crippen LogP) is 4.33. The second-order valence-corrected chi connectivity index (χ2v) is 6.45. The molecular weight excluding hydrogens is 429 g/mol. The lowest BCUT2D eigenvalue weighted by molar-refractivity contribution is 0.0754. The van der Waals surface area contributed by atoms with Gasteiger partial charge in [-0.15, -0.1) is 0 Å². The summed E-state index contributed by atoms with van der Waals surface area (Å²) in [5, 5.41) is 0.773. The molecule has 0 N–H and O–H groups in total. The fourth-order valence-corrected chi connectivity index (χ4v) is 2.93. The first-order valence-corrected chi connectivity index (χ1v) is 8.55. The van der Waals surface area contributed by atoms with Gasteiger partial charge in [0.15, 0.2) is 0 Å². The maximum Gasteiger partial charge on any atom is 0.254 e. The van der Waals surface area contributed by atoms with Gasteiger partial charge in [0, 0.05) is 27.6 Å². The number of hydrogen-bond acceptors (Lipinski definition) is 1. The highest BCUT2D eigenvalue weighted by Gasteiger charge is 2.15. The molecule has 0 saturated carbocycles. The van der Waals surface area contributed by atoms with E-state index >= 15 is 0 Å². The van der Waals surface area contributed by atoms with Crippen molar-refractivity contribution in [3.05, 3.63) is 69.3 Å². The summed E-state index contributed by atoms with van der Waals surface area (Å²) >= 11 is 5.65. The molecule has 2 aromatic rings. The minimum absolute atomic E-state index is 0.0758. The van der Waals surface area contributed by atoms with Crippen molar-refractivity contribution < 1.29 is 4.79 Å². The van der Waals surface area contributed by atoms with Crippen LogP contribution in [0.5, 0.6) is 0 Å². The predicted molar refractivity (Wildman–Crippen MR) is 94.1 cm³/mol. The summed E-state index contributed by atoms with van der Waals surface area (Å²) in [4.78, 5) is 14.5. The van der Waals surface area contributed by atoms with Crippen molar-refractivity contribution >= 4 is 44.4 Å². The first kappa shape index (κ1) is 15.5. The molecule has 0 aliphatic rings. The molecule has 0 bridgehead atoms. The molecule has 0 unspecified atom stereocenters. The van der Waals surface area contributed by atoms with E-state index in [2.05, 4.69) is 38.5 Å². The van der Waals surface area contributed by atoms with E-state index in [1.54, 1.807) is 0 Å². The highest BCUT2D eigenvalue weighted by Crippen LogP contribution is 2.13. The average molecular weight is 444 g/mol. The molecule has 0 heterocycles. The summed E-state index contributed by atoms with van der Waals surface area (Å²) in [6.07, 6.45) is 0. The van der Waals surface area contributed by atoms with Crippen LogP contribution in [0.3, 0.4) is 0 Å². The van der Waals surface area contributed by atoms with Crippen LogP contribution in [0.2, 0.25) is 0 Å². The van der Waals surface area contributed by atoms with E-state index in [4.69, 9.17) is 0 Å². The first-order valence-electron chi connectivity index (χ1n) is 6.35. The Balaban J connectivity index is 2.18. The van der Waals surface area contributed by atoms with Crippen molar-refractivity contribution in [2.45, 2.75) is 6.54 Å². The molecule has 0 fully saturated rings. The molecule has 2 rings (SSSR count). The van der Waals surface area contributed by atoms with Crippen LogP contribution in [0.1, 0.15) is 15.9 Å². The SMILES string of the molecule is O=C(c1cccc(I)c1)N(CCBr)Cc1ccccc1. The monoisotopic (exact) mass is 443 g/mol. The third-order valence-corrected chi connectivity index (χ3v) is 3.96. The topological polar surface area (TPSA) is 20.3 Å². The van der Waals surface area contributed by atoms with Crippen molar-refractivity contribution in [3.8, 4) is 0 Å². The molecule has 2 nitrogen and oxygen atoms in total. The number of alkyl halides is 1. The van der Waals surface area contributed by atoms with Gasteiger partial charge in [-0.2, -0.15) is 0 Å². The highest BCUT2D eigenvalue weighted by molar-refractivity contribution is 14.1. The Morgan fingerprint density at radius 1 is 1.10 bits per heavy atom. The van der Waals surface area contributed by atoms with E-state index in [9.17, 15) is 4.79 Å². The standard InChI is InChI=1S/C16H15BrINO/c17-9-10-19(12-13-5-2-1-3-6-13)16(20)14-7-4-8-15(18)11-14/h1-8,11H,9-10,12H2. The summed E-state index contributed by atoms with van der Waals surface area (Å²) in [7, 11) is 0. The fourth-order valence-electron chi connectivity index (χ4n) is 1.96. The molecule has 1 amide bonds. The van der Waals surface area contributed by atoms with Gasteiger partial charge in [0.1, 0.15) is 0 Å². The van der Waals surface area contributed by atoms with Crippen molar-refractivity contribution in [1.82, 2.24) is 4.90 Å². The molecule has 0 aliphatic carbocycles. The summed E-state index contributed by atoms with van der Waals surface area (Å²) in [6, 6.07) is 17.8. The number of rotatable bonds is 5. The average Bonchev–Trinajstić information content (AvgIpc) is 2.47. The van der Waals surface area contributed by atoms with E-state index in [0.29, 0.717) is 13.1 Å². The molecule has 0 atom stereocenters. The number of benzene rings is 2. The maximum atomic E-state index is 12.6. The minimum atomic E-state index is 0.0758. The molecule has 0 aromatic heterocycles. The smallest absolute Gasteiger partial charge is 0.254 e. The largest absolute Gasteiger partial charge is 0.333 e. The molecule has 0 aliphatic heterocycles. The summed E-state index contributed by atoms with van der Waals surface area (Å²) in [5.41, 5.74) is 1.89. The third kappa shape index (κ3) is 4.31. The lowest BCUT2D eigenvalue weighted by atomic mass is 10.1. The zero-order chi connectivity index (χ0) is 14.4. The highest BCUT2D eigenvalue weighted by atomic mass is 127. The van der Waals surface area contributed by atoms with E-state index in [0.717, 1.165) is 20.0 Å². The van der Waals surface area contributed by atoms with Gasteiger partial charge >= 0.3 is 0 Å². The van der Waals surface area contributed by atoms with E-state index in [1.165, 1.54) is 0 Å². The Morgan fingerprint density at radius 2 is 1.85 bits per heavy atom. The van der Waals surface area contributed by atoms with Gasteiger partial charge in [-0.1, -0.05) is 52.3 Å². The Bertz CT molecular complexity index is 574. The summed E-state index contributed by atoms with van der Waals surface area (Å²) in [6.45, 7) is 1.33. The van der Waals surface area contributed by atoms with Crippen LogP contribution >= 0.6 is 38.5 Å². The van der Waals surface area contributed by atoms with E-state index in [-0.39, 0.29) is 5.91 Å². The van der Waals surface area contributed by atoms with Crippen molar-refractivity contribution in [2.75, 3.05) is 11.9 Å². The molecule has 2 aromatic carbocycles. The van der Waals surface area contributed by atoms with Crippen LogP contribution in [-0.2, 0) is 6.54 Å².